The van der Waals surface area contributed by atoms with Gasteiger partial charge in [-0.2, -0.15) is 5.10 Å². The van der Waals surface area contributed by atoms with E-state index in [-0.39, 0.29) is 16.6 Å². The molecule has 1 saturated heterocycles. The van der Waals surface area contributed by atoms with Gasteiger partial charge in [-0.15, -0.1) is 0 Å². The van der Waals surface area contributed by atoms with Gasteiger partial charge in [-0.1, -0.05) is 41.9 Å². The van der Waals surface area contributed by atoms with Crippen LogP contribution in [0.2, 0.25) is 5.15 Å². The van der Waals surface area contributed by atoms with Crippen molar-refractivity contribution in [1.29, 1.82) is 0 Å². The first-order valence-electron chi connectivity index (χ1n) is 9.24. The van der Waals surface area contributed by atoms with E-state index in [1.165, 1.54) is 0 Å². The van der Waals surface area contributed by atoms with Gasteiger partial charge < -0.3 is 9.64 Å². The molecule has 0 bridgehead atoms. The molecule has 0 aliphatic carbocycles. The molecule has 2 aromatic rings. The summed E-state index contributed by atoms with van der Waals surface area (Å²) in [5.41, 5.74) is 1.72. The van der Waals surface area contributed by atoms with Crippen LogP contribution in [0.1, 0.15) is 47.8 Å². The number of aromatic nitrogens is 2. The average Bonchev–Trinajstić information content (AvgIpc) is 2.95. The molecule has 144 valence electrons. The molecule has 0 spiro atoms. The number of rotatable bonds is 5. The van der Waals surface area contributed by atoms with Gasteiger partial charge in [-0.3, -0.25) is 4.79 Å². The number of ether oxygens (including phenoxy) is 1. The second-order valence-corrected chi connectivity index (χ2v) is 7.19. The molecule has 1 fully saturated rings. The Morgan fingerprint density at radius 1 is 1.19 bits per heavy atom. The van der Waals surface area contributed by atoms with Crippen LogP contribution >= 0.6 is 11.6 Å². The maximum Gasteiger partial charge on any atom is 0.343 e. The highest BCUT2D eigenvalue weighted by molar-refractivity contribution is 6.32. The normalized spacial score (nSPS) is 15.4. The first-order chi connectivity index (χ1) is 13.0. The van der Waals surface area contributed by atoms with Crippen LogP contribution in [0.15, 0.2) is 30.3 Å². The third-order valence-corrected chi connectivity index (χ3v) is 5.13. The first-order valence-corrected chi connectivity index (χ1v) is 9.61. The summed E-state index contributed by atoms with van der Waals surface area (Å²) >= 11 is 6.39. The van der Waals surface area contributed by atoms with E-state index in [0.29, 0.717) is 12.2 Å². The number of hydrogen-bond donors (Lipinski definition) is 0. The Morgan fingerprint density at radius 3 is 2.52 bits per heavy atom. The highest BCUT2D eigenvalue weighted by Gasteiger charge is 2.28. The van der Waals surface area contributed by atoms with E-state index in [0.717, 1.165) is 37.9 Å². The SMILES string of the molecule is Cc1nn(Cc2ccccc2)c(Cl)c1C(=O)O[C@@H](C)C(=O)N1CCCCC1. The molecular weight excluding hydrogens is 366 g/mol. The minimum Gasteiger partial charge on any atom is -0.449 e. The van der Waals surface area contributed by atoms with E-state index in [1.807, 2.05) is 30.3 Å². The van der Waals surface area contributed by atoms with E-state index in [1.54, 1.807) is 23.4 Å². The fourth-order valence-electron chi connectivity index (χ4n) is 3.29. The number of amides is 1. The predicted octanol–water partition coefficient (Wildman–Crippen LogP) is 3.45. The highest BCUT2D eigenvalue weighted by Crippen LogP contribution is 2.23. The number of halogens is 1. The number of aryl methyl sites for hydroxylation is 1. The quantitative estimate of drug-likeness (QED) is 0.734. The van der Waals surface area contributed by atoms with Crippen LogP contribution in [-0.2, 0) is 16.1 Å². The molecule has 0 N–H and O–H groups in total. The van der Waals surface area contributed by atoms with E-state index in [9.17, 15) is 9.59 Å². The summed E-state index contributed by atoms with van der Waals surface area (Å²) in [5.74, 6) is -0.775. The fraction of sp³-hybridized carbons (Fsp3) is 0.450. The smallest absolute Gasteiger partial charge is 0.343 e. The monoisotopic (exact) mass is 389 g/mol. The van der Waals surface area contributed by atoms with Crippen molar-refractivity contribution >= 4 is 23.5 Å². The first kappa shape index (κ1) is 19.4. The van der Waals surface area contributed by atoms with Crippen LogP contribution < -0.4 is 0 Å². The second kappa shape index (κ2) is 8.57. The molecule has 1 atom stereocenters. The van der Waals surface area contributed by atoms with Crippen LogP contribution in [0, 0.1) is 6.92 Å². The summed E-state index contributed by atoms with van der Waals surface area (Å²) in [6, 6.07) is 9.73. The van der Waals surface area contributed by atoms with Crippen molar-refractivity contribution in [3.8, 4) is 0 Å². The van der Waals surface area contributed by atoms with Crippen molar-refractivity contribution in [2.45, 2.75) is 45.8 Å². The fourth-order valence-corrected chi connectivity index (χ4v) is 3.60. The molecule has 1 amide bonds. The lowest BCUT2D eigenvalue weighted by molar-refractivity contribution is -0.140. The van der Waals surface area contributed by atoms with Gasteiger partial charge in [0.15, 0.2) is 6.10 Å². The zero-order valence-corrected chi connectivity index (χ0v) is 16.4. The lowest BCUT2D eigenvalue weighted by Gasteiger charge is -2.28. The third-order valence-electron chi connectivity index (χ3n) is 4.74. The van der Waals surface area contributed by atoms with E-state index < -0.39 is 12.1 Å². The molecule has 27 heavy (non-hydrogen) atoms. The van der Waals surface area contributed by atoms with Crippen molar-refractivity contribution < 1.29 is 14.3 Å². The molecule has 1 aliphatic heterocycles. The van der Waals surface area contributed by atoms with Crippen LogP contribution in [-0.4, -0.2) is 45.8 Å². The van der Waals surface area contributed by atoms with Gasteiger partial charge in [-0.05, 0) is 38.7 Å². The Bertz CT molecular complexity index is 813. The van der Waals surface area contributed by atoms with Gasteiger partial charge in [0.1, 0.15) is 10.7 Å². The molecule has 7 heteroatoms. The standard InChI is InChI=1S/C20H24ClN3O3/c1-14-17(18(21)24(22-14)13-16-9-5-3-6-10-16)20(26)27-15(2)19(25)23-11-7-4-8-12-23/h3,5-6,9-10,15H,4,7-8,11-13H2,1-2H3/t15-/m0/s1. The Kier molecular flexibility index (Phi) is 6.16. The van der Waals surface area contributed by atoms with Crippen LogP contribution in [0.5, 0.6) is 0 Å². The number of esters is 1. The largest absolute Gasteiger partial charge is 0.449 e. The lowest BCUT2D eigenvalue weighted by Crippen LogP contribution is -2.42. The molecule has 3 rings (SSSR count). The van der Waals surface area contributed by atoms with Crippen molar-refractivity contribution in [2.75, 3.05) is 13.1 Å². The Labute approximate surface area is 164 Å². The van der Waals surface area contributed by atoms with E-state index in [4.69, 9.17) is 16.3 Å². The summed E-state index contributed by atoms with van der Waals surface area (Å²) in [7, 11) is 0. The Balaban J connectivity index is 1.70. The summed E-state index contributed by atoms with van der Waals surface area (Å²) in [6.45, 7) is 5.20. The van der Waals surface area contributed by atoms with Crippen molar-refractivity contribution in [2.24, 2.45) is 0 Å². The number of carbonyl (C=O) groups excluding carboxylic acids is 2. The second-order valence-electron chi connectivity index (χ2n) is 6.83. The Morgan fingerprint density at radius 2 is 1.85 bits per heavy atom. The minimum absolute atomic E-state index is 0.159. The van der Waals surface area contributed by atoms with Gasteiger partial charge in [0.25, 0.3) is 5.91 Å². The number of piperidine rings is 1. The zero-order chi connectivity index (χ0) is 19.4. The van der Waals surface area contributed by atoms with Crippen LogP contribution in [0.25, 0.3) is 0 Å². The summed E-state index contributed by atoms with van der Waals surface area (Å²) in [4.78, 5) is 26.9. The summed E-state index contributed by atoms with van der Waals surface area (Å²) < 4.78 is 6.98. The van der Waals surface area contributed by atoms with Gasteiger partial charge in [0.2, 0.25) is 0 Å². The molecule has 1 aromatic carbocycles. The van der Waals surface area contributed by atoms with Gasteiger partial charge in [0.05, 0.1) is 12.2 Å². The molecule has 2 heterocycles. The summed E-state index contributed by atoms with van der Waals surface area (Å²) in [6.07, 6.45) is 2.27. The third kappa shape index (κ3) is 4.50. The van der Waals surface area contributed by atoms with E-state index in [2.05, 4.69) is 5.10 Å². The van der Waals surface area contributed by atoms with Gasteiger partial charge in [-0.25, -0.2) is 9.48 Å². The van der Waals surface area contributed by atoms with Crippen LogP contribution in [0.4, 0.5) is 0 Å². The Hall–Kier alpha value is -2.34. The number of benzene rings is 1. The molecule has 1 aromatic heterocycles. The van der Waals surface area contributed by atoms with Gasteiger partial charge in [0, 0.05) is 13.1 Å². The molecular formula is C20H24ClN3O3. The molecule has 0 saturated carbocycles. The van der Waals surface area contributed by atoms with Crippen molar-refractivity contribution in [3.05, 3.63) is 52.3 Å². The highest BCUT2D eigenvalue weighted by atomic mass is 35.5. The maximum atomic E-state index is 12.6. The average molecular weight is 390 g/mol. The summed E-state index contributed by atoms with van der Waals surface area (Å²) in [5, 5.41) is 4.58. The molecule has 1 aliphatic rings. The molecule has 0 unspecified atom stereocenters. The molecule has 0 radical (unpaired) electrons. The number of nitrogens with zero attached hydrogens (tertiary/aromatic N) is 3. The lowest BCUT2D eigenvalue weighted by atomic mass is 10.1. The number of carbonyl (C=O) groups is 2. The van der Waals surface area contributed by atoms with Crippen molar-refractivity contribution in [3.63, 3.8) is 0 Å². The number of likely N-dealkylation sites (tertiary alicyclic amines) is 1. The predicted molar refractivity (Wildman–Crippen MR) is 103 cm³/mol. The zero-order valence-electron chi connectivity index (χ0n) is 15.7. The number of hydrogen-bond acceptors (Lipinski definition) is 4. The van der Waals surface area contributed by atoms with Crippen molar-refractivity contribution in [1.82, 2.24) is 14.7 Å². The van der Waals surface area contributed by atoms with Gasteiger partial charge >= 0.3 is 5.97 Å². The topological polar surface area (TPSA) is 64.4 Å². The molecule has 6 nitrogen and oxygen atoms in total. The van der Waals surface area contributed by atoms with Crippen LogP contribution in [0.3, 0.4) is 0 Å². The van der Waals surface area contributed by atoms with E-state index >= 15 is 0 Å². The minimum atomic E-state index is -0.844. The maximum absolute atomic E-state index is 12.6.